The fraction of sp³-hybridized carbons (Fsp3) is 0.684. The predicted molar refractivity (Wildman–Crippen MR) is 97.6 cm³/mol. The van der Waals surface area contributed by atoms with E-state index in [-0.39, 0.29) is 5.72 Å². The van der Waals surface area contributed by atoms with Crippen LogP contribution in [0.5, 0.6) is 5.75 Å². The minimum Gasteiger partial charge on any atom is -0.473 e. The molecule has 3 N–H and O–H groups in total. The number of nitrogens with two attached hydrogens (primary N) is 1. The van der Waals surface area contributed by atoms with E-state index < -0.39 is 0 Å². The smallest absolute Gasteiger partial charge is 0.163 e. The summed E-state index contributed by atoms with van der Waals surface area (Å²) in [5.74, 6) is 7.65. The van der Waals surface area contributed by atoms with Crippen molar-refractivity contribution in [3.05, 3.63) is 30.3 Å². The Morgan fingerprint density at radius 1 is 1.12 bits per heavy atom. The molecule has 0 aromatic heterocycles. The first-order chi connectivity index (χ1) is 11.7. The number of para-hydroxylation sites is 1. The van der Waals surface area contributed by atoms with E-state index in [1.165, 1.54) is 25.8 Å². The van der Waals surface area contributed by atoms with Gasteiger partial charge in [0.15, 0.2) is 5.72 Å². The molecule has 5 heteroatoms. The van der Waals surface area contributed by atoms with E-state index in [2.05, 4.69) is 10.2 Å². The molecule has 0 unspecified atom stereocenters. The van der Waals surface area contributed by atoms with Gasteiger partial charge in [0.2, 0.25) is 0 Å². The first-order valence-electron chi connectivity index (χ1n) is 9.34. The fourth-order valence-corrected chi connectivity index (χ4v) is 3.86. The summed E-state index contributed by atoms with van der Waals surface area (Å²) in [6.07, 6.45) is 5.86. The van der Waals surface area contributed by atoms with E-state index in [0.717, 1.165) is 50.7 Å². The van der Waals surface area contributed by atoms with Crippen molar-refractivity contribution in [3.63, 3.8) is 0 Å². The lowest BCUT2D eigenvalue weighted by molar-refractivity contribution is -0.0218. The molecule has 2 saturated heterocycles. The lowest BCUT2D eigenvalue weighted by Gasteiger charge is -2.42. The average Bonchev–Trinajstić information content (AvgIpc) is 2.63. The number of ether oxygens (including phenoxy) is 1. The number of rotatable bonds is 6. The van der Waals surface area contributed by atoms with Gasteiger partial charge in [0, 0.05) is 39.0 Å². The Bertz CT molecular complexity index is 479. The maximum absolute atomic E-state index is 6.29. The number of likely N-dealkylation sites (tertiary alicyclic amines) is 1. The number of piperidine rings is 2. The molecule has 0 radical (unpaired) electrons. The van der Waals surface area contributed by atoms with Crippen LogP contribution in [-0.4, -0.2) is 55.4 Å². The lowest BCUT2D eigenvalue weighted by Crippen LogP contribution is -2.56. The summed E-state index contributed by atoms with van der Waals surface area (Å²) in [7, 11) is 2.01. The lowest BCUT2D eigenvalue weighted by atomic mass is 9.93. The second-order valence-electron chi connectivity index (χ2n) is 7.27. The van der Waals surface area contributed by atoms with Gasteiger partial charge in [-0.3, -0.25) is 11.2 Å². The molecule has 0 bridgehead atoms. The summed E-state index contributed by atoms with van der Waals surface area (Å²) in [6, 6.07) is 10.2. The molecule has 0 spiro atoms. The highest BCUT2D eigenvalue weighted by atomic mass is 16.5. The van der Waals surface area contributed by atoms with Crippen LogP contribution in [0.4, 0.5) is 0 Å². The van der Waals surface area contributed by atoms with Gasteiger partial charge in [0.1, 0.15) is 5.75 Å². The molecule has 1 aromatic rings. The number of hydrogen-bond acceptors (Lipinski definition) is 5. The van der Waals surface area contributed by atoms with Gasteiger partial charge in [-0.2, -0.15) is 0 Å². The van der Waals surface area contributed by atoms with E-state index in [1.54, 1.807) is 0 Å². The standard InChI is InChI=1S/C19H32N4O/c1-21-19(24-18-5-3-2-4-6-18)10-15-22(16-11-19)12-7-17-8-13-23(20)14-9-17/h2-6,17,21H,7-16,20H2,1H3. The van der Waals surface area contributed by atoms with E-state index in [1.807, 2.05) is 42.4 Å². The van der Waals surface area contributed by atoms with Gasteiger partial charge in [-0.25, -0.2) is 5.01 Å². The average molecular weight is 332 g/mol. The molecule has 3 rings (SSSR count). The Hall–Kier alpha value is -1.14. The van der Waals surface area contributed by atoms with Gasteiger partial charge < -0.3 is 9.64 Å². The normalized spacial score (nSPS) is 23.2. The van der Waals surface area contributed by atoms with E-state index in [4.69, 9.17) is 10.6 Å². The summed E-state index contributed by atoms with van der Waals surface area (Å²) in [5.41, 5.74) is -0.220. The minimum absolute atomic E-state index is 0.220. The third kappa shape index (κ3) is 4.70. The highest BCUT2D eigenvalue weighted by Crippen LogP contribution is 2.27. The van der Waals surface area contributed by atoms with Gasteiger partial charge in [-0.05, 0) is 50.9 Å². The van der Waals surface area contributed by atoms with Crippen LogP contribution in [0.1, 0.15) is 32.1 Å². The van der Waals surface area contributed by atoms with Crippen molar-refractivity contribution in [1.29, 1.82) is 0 Å². The third-order valence-electron chi connectivity index (χ3n) is 5.68. The summed E-state index contributed by atoms with van der Waals surface area (Å²) < 4.78 is 6.29. The molecule has 24 heavy (non-hydrogen) atoms. The third-order valence-corrected chi connectivity index (χ3v) is 5.68. The quantitative estimate of drug-likeness (QED) is 0.617. The zero-order valence-electron chi connectivity index (χ0n) is 14.9. The molecular formula is C19H32N4O. The molecular weight excluding hydrogens is 300 g/mol. The summed E-state index contributed by atoms with van der Waals surface area (Å²) in [6.45, 7) is 5.52. The topological polar surface area (TPSA) is 53.8 Å². The van der Waals surface area contributed by atoms with Crippen molar-refractivity contribution in [1.82, 2.24) is 15.2 Å². The van der Waals surface area contributed by atoms with Crippen LogP contribution < -0.4 is 15.9 Å². The van der Waals surface area contributed by atoms with Crippen LogP contribution in [0.15, 0.2) is 30.3 Å². The first kappa shape index (κ1) is 17.7. The fourth-order valence-electron chi connectivity index (χ4n) is 3.86. The Kier molecular flexibility index (Phi) is 6.11. The predicted octanol–water partition coefficient (Wildman–Crippen LogP) is 2.05. The molecule has 2 heterocycles. The highest BCUT2D eigenvalue weighted by molar-refractivity contribution is 5.22. The SMILES string of the molecule is CNC1(Oc2ccccc2)CCN(CCC2CCN(N)CC2)CC1. The van der Waals surface area contributed by atoms with Crippen LogP contribution in [-0.2, 0) is 0 Å². The Balaban J connectivity index is 1.44. The summed E-state index contributed by atoms with van der Waals surface area (Å²) in [5, 5.41) is 5.39. The van der Waals surface area contributed by atoms with Gasteiger partial charge >= 0.3 is 0 Å². The van der Waals surface area contributed by atoms with Crippen molar-refractivity contribution in [2.75, 3.05) is 39.8 Å². The van der Waals surface area contributed by atoms with Gasteiger partial charge in [0.25, 0.3) is 0 Å². The molecule has 1 aromatic carbocycles. The zero-order chi connectivity index (χ0) is 16.8. The van der Waals surface area contributed by atoms with E-state index in [9.17, 15) is 0 Å². The Morgan fingerprint density at radius 3 is 2.42 bits per heavy atom. The second kappa shape index (κ2) is 8.30. The van der Waals surface area contributed by atoms with Gasteiger partial charge in [-0.1, -0.05) is 18.2 Å². The molecule has 2 aliphatic heterocycles. The monoisotopic (exact) mass is 332 g/mol. The summed E-state index contributed by atoms with van der Waals surface area (Å²) >= 11 is 0. The van der Waals surface area contributed by atoms with Gasteiger partial charge in [0.05, 0.1) is 0 Å². The number of nitrogens with one attached hydrogen (secondary N) is 1. The number of hydrogen-bond donors (Lipinski definition) is 2. The number of benzene rings is 1. The maximum Gasteiger partial charge on any atom is 0.163 e. The molecule has 5 nitrogen and oxygen atoms in total. The number of nitrogens with zero attached hydrogens (tertiary/aromatic N) is 2. The Labute approximate surface area is 146 Å². The second-order valence-corrected chi connectivity index (χ2v) is 7.27. The maximum atomic E-state index is 6.29. The first-order valence-corrected chi connectivity index (χ1v) is 9.34. The van der Waals surface area contributed by atoms with Crippen LogP contribution >= 0.6 is 0 Å². The molecule has 2 fully saturated rings. The largest absolute Gasteiger partial charge is 0.473 e. The molecule has 0 saturated carbocycles. The van der Waals surface area contributed by atoms with Crippen LogP contribution in [0.2, 0.25) is 0 Å². The number of hydrazine groups is 1. The van der Waals surface area contributed by atoms with E-state index in [0.29, 0.717) is 0 Å². The van der Waals surface area contributed by atoms with Crippen LogP contribution in [0.3, 0.4) is 0 Å². The van der Waals surface area contributed by atoms with Crippen molar-refractivity contribution < 1.29 is 4.74 Å². The minimum atomic E-state index is -0.220. The van der Waals surface area contributed by atoms with Crippen LogP contribution in [0.25, 0.3) is 0 Å². The molecule has 2 aliphatic rings. The molecule has 134 valence electrons. The van der Waals surface area contributed by atoms with Crippen molar-refractivity contribution in [3.8, 4) is 5.75 Å². The van der Waals surface area contributed by atoms with Crippen molar-refractivity contribution in [2.24, 2.45) is 11.8 Å². The summed E-state index contributed by atoms with van der Waals surface area (Å²) in [4.78, 5) is 2.60. The molecule has 0 aliphatic carbocycles. The van der Waals surface area contributed by atoms with Crippen molar-refractivity contribution in [2.45, 2.75) is 37.8 Å². The zero-order valence-corrected chi connectivity index (χ0v) is 14.9. The Morgan fingerprint density at radius 2 is 1.79 bits per heavy atom. The highest BCUT2D eigenvalue weighted by Gasteiger charge is 2.35. The van der Waals surface area contributed by atoms with E-state index >= 15 is 0 Å². The van der Waals surface area contributed by atoms with Crippen molar-refractivity contribution >= 4 is 0 Å². The molecule has 0 atom stereocenters. The van der Waals surface area contributed by atoms with Crippen LogP contribution in [0, 0.1) is 5.92 Å². The molecule has 0 amide bonds. The van der Waals surface area contributed by atoms with Gasteiger partial charge in [-0.15, -0.1) is 0 Å².